The Morgan fingerprint density at radius 3 is 2.85 bits per heavy atom. The topological polar surface area (TPSA) is 103 Å². The molecule has 0 spiro atoms. The van der Waals surface area contributed by atoms with Crippen LogP contribution in [0.25, 0.3) is 33.1 Å². The van der Waals surface area contributed by atoms with E-state index in [4.69, 9.17) is 19.7 Å². The average molecular weight is 643 g/mol. The van der Waals surface area contributed by atoms with Crippen molar-refractivity contribution in [3.8, 4) is 17.3 Å². The third kappa shape index (κ3) is 4.69. The van der Waals surface area contributed by atoms with Crippen molar-refractivity contribution < 1.29 is 18.3 Å². The monoisotopic (exact) mass is 642 g/mol. The van der Waals surface area contributed by atoms with E-state index in [1.54, 1.807) is 12.4 Å². The van der Waals surface area contributed by atoms with E-state index < -0.39 is 12.0 Å². The molecule has 4 saturated heterocycles. The molecule has 9 heterocycles. The SMILES string of the molecule is Cc1cc2[nH]ncc2c2c1CCCCC(=O)N1CCC3CCN(C[C@@H]31)c1nc(OC[C@@]34CCCN3C[C@H](F)C4)nc3c(F)c-2ncc13. The highest BCUT2D eigenvalue weighted by Crippen LogP contribution is 2.43. The van der Waals surface area contributed by atoms with Gasteiger partial charge in [0.25, 0.3) is 0 Å². The summed E-state index contributed by atoms with van der Waals surface area (Å²) in [6.45, 7) is 5.68. The van der Waals surface area contributed by atoms with Crippen molar-refractivity contribution in [2.45, 2.75) is 82.5 Å². The second-order valence-corrected chi connectivity index (χ2v) is 14.4. The molecular formula is C35H40F2N8O2. The van der Waals surface area contributed by atoms with Gasteiger partial charge in [-0.2, -0.15) is 15.1 Å². The highest BCUT2D eigenvalue weighted by molar-refractivity contribution is 5.99. The maximum Gasteiger partial charge on any atom is 0.319 e. The molecule has 6 aliphatic rings. The van der Waals surface area contributed by atoms with Gasteiger partial charge in [-0.15, -0.1) is 0 Å². The number of amides is 1. The number of alkyl halides is 1. The third-order valence-electron chi connectivity index (χ3n) is 11.7. The Labute approximate surface area is 271 Å². The summed E-state index contributed by atoms with van der Waals surface area (Å²) in [5, 5.41) is 8.64. The molecule has 4 atom stereocenters. The quantitative estimate of drug-likeness (QED) is 0.329. The number of piperidine rings is 1. The number of hydrogen-bond acceptors (Lipinski definition) is 8. The molecule has 3 aromatic heterocycles. The average Bonchev–Trinajstić information content (AvgIpc) is 3.85. The minimum atomic E-state index is -0.883. The zero-order valence-corrected chi connectivity index (χ0v) is 26.8. The van der Waals surface area contributed by atoms with Crippen LogP contribution < -0.4 is 9.64 Å². The van der Waals surface area contributed by atoms with Crippen molar-refractivity contribution in [3.05, 3.63) is 35.4 Å². The summed E-state index contributed by atoms with van der Waals surface area (Å²) in [7, 11) is 0. The maximum absolute atomic E-state index is 17.1. The van der Waals surface area contributed by atoms with Gasteiger partial charge in [0.15, 0.2) is 5.82 Å². The Balaban J connectivity index is 1.21. The number of fused-ring (bicyclic) bond motifs is 7. The molecule has 6 aliphatic heterocycles. The Hall–Kier alpha value is -3.93. The number of H-pyrrole nitrogens is 1. The van der Waals surface area contributed by atoms with E-state index in [0.29, 0.717) is 55.0 Å². The number of rotatable bonds is 3. The van der Waals surface area contributed by atoms with E-state index in [2.05, 4.69) is 24.9 Å². The highest BCUT2D eigenvalue weighted by atomic mass is 19.1. The lowest BCUT2D eigenvalue weighted by atomic mass is 9.90. The molecule has 246 valence electrons. The molecule has 47 heavy (non-hydrogen) atoms. The van der Waals surface area contributed by atoms with Crippen LogP contribution in [0.2, 0.25) is 0 Å². The number of carbonyl (C=O) groups is 1. The maximum atomic E-state index is 17.1. The molecule has 0 radical (unpaired) electrons. The van der Waals surface area contributed by atoms with Gasteiger partial charge < -0.3 is 14.5 Å². The van der Waals surface area contributed by atoms with Crippen molar-refractivity contribution in [2.75, 3.05) is 44.2 Å². The molecule has 1 N–H and O–H groups in total. The van der Waals surface area contributed by atoms with Crippen LogP contribution in [0.4, 0.5) is 14.6 Å². The summed E-state index contributed by atoms with van der Waals surface area (Å²) in [6.07, 6.45) is 9.49. The second kappa shape index (κ2) is 11.1. The second-order valence-electron chi connectivity index (χ2n) is 14.4. The first kappa shape index (κ1) is 29.2. The summed E-state index contributed by atoms with van der Waals surface area (Å²) in [4.78, 5) is 34.5. The number of aryl methyl sites for hydroxylation is 1. The lowest BCUT2D eigenvalue weighted by Gasteiger charge is -2.39. The molecule has 1 unspecified atom stereocenters. The first-order valence-corrected chi connectivity index (χ1v) is 17.3. The number of ether oxygens (including phenoxy) is 1. The van der Waals surface area contributed by atoms with Crippen molar-refractivity contribution in [1.29, 1.82) is 0 Å². The van der Waals surface area contributed by atoms with Gasteiger partial charge in [0, 0.05) is 56.2 Å². The number of hydrogen-bond donors (Lipinski definition) is 1. The van der Waals surface area contributed by atoms with Gasteiger partial charge in [-0.25, -0.2) is 8.78 Å². The summed E-state index contributed by atoms with van der Waals surface area (Å²) in [6, 6.07) is 2.22. The molecule has 12 heteroatoms. The van der Waals surface area contributed by atoms with Crippen LogP contribution >= 0.6 is 0 Å². The predicted octanol–water partition coefficient (Wildman–Crippen LogP) is 5.12. The van der Waals surface area contributed by atoms with Crippen LogP contribution in [0.1, 0.15) is 62.5 Å². The molecule has 0 aliphatic carbocycles. The standard InChI is InChI=1S/C35H40F2N8O2/c1-20-13-26-24(16-39-42-26)29-23(20)5-2-3-6-28(46)45-12-8-21-7-11-43(18-27(21)45)33-25-15-38-32(29)30(37)31(25)40-34(41-33)47-19-35-9-4-10-44(35)17-22(36)14-35/h13,15-16,21-22,27H,2-12,14,17-19H2,1H3,(H,39,42)/t21?,22-,27+,35+/m1/s1. The van der Waals surface area contributed by atoms with Gasteiger partial charge in [-0.05, 0) is 81.5 Å². The Kier molecular flexibility index (Phi) is 6.88. The predicted molar refractivity (Wildman–Crippen MR) is 174 cm³/mol. The number of benzene rings is 1. The molecule has 10 rings (SSSR count). The summed E-state index contributed by atoms with van der Waals surface area (Å²) < 4.78 is 38.0. The van der Waals surface area contributed by atoms with E-state index in [9.17, 15) is 9.18 Å². The number of anilines is 1. The Morgan fingerprint density at radius 1 is 1.06 bits per heavy atom. The molecule has 1 amide bonds. The van der Waals surface area contributed by atoms with Gasteiger partial charge in [0.05, 0.1) is 28.7 Å². The highest BCUT2D eigenvalue weighted by Gasteiger charge is 2.49. The molecule has 10 nitrogen and oxygen atoms in total. The number of aromatic amines is 1. The van der Waals surface area contributed by atoms with Crippen molar-refractivity contribution in [3.63, 3.8) is 0 Å². The van der Waals surface area contributed by atoms with E-state index in [-0.39, 0.29) is 41.3 Å². The number of pyridine rings is 1. The first-order valence-electron chi connectivity index (χ1n) is 17.3. The fraction of sp³-hybridized carbons (Fsp3) is 0.571. The Morgan fingerprint density at radius 2 is 1.94 bits per heavy atom. The van der Waals surface area contributed by atoms with Gasteiger partial charge in [-0.1, -0.05) is 0 Å². The zero-order chi connectivity index (χ0) is 31.9. The number of nitrogens with zero attached hydrogens (tertiary/aromatic N) is 7. The third-order valence-corrected chi connectivity index (χ3v) is 11.7. The summed E-state index contributed by atoms with van der Waals surface area (Å²) >= 11 is 0. The van der Waals surface area contributed by atoms with Crippen LogP contribution in [0.15, 0.2) is 18.5 Å². The molecule has 6 bridgehead atoms. The van der Waals surface area contributed by atoms with Crippen LogP contribution in [0, 0.1) is 18.7 Å². The minimum Gasteiger partial charge on any atom is -0.461 e. The van der Waals surface area contributed by atoms with E-state index in [0.717, 1.165) is 80.2 Å². The largest absolute Gasteiger partial charge is 0.461 e. The van der Waals surface area contributed by atoms with Crippen LogP contribution in [0.5, 0.6) is 6.01 Å². The fourth-order valence-electron chi connectivity index (χ4n) is 9.37. The number of carbonyl (C=O) groups excluding carboxylic acids is 1. The van der Waals surface area contributed by atoms with Crippen LogP contribution in [-0.4, -0.2) is 97.9 Å². The van der Waals surface area contributed by atoms with Crippen molar-refractivity contribution >= 4 is 33.5 Å². The molecule has 4 fully saturated rings. The zero-order valence-electron chi connectivity index (χ0n) is 26.8. The molecule has 0 saturated carbocycles. The van der Waals surface area contributed by atoms with Gasteiger partial charge in [-0.3, -0.25) is 19.8 Å². The summed E-state index contributed by atoms with van der Waals surface area (Å²) in [5.41, 5.74) is 3.52. The molecule has 1 aromatic carbocycles. The first-order chi connectivity index (χ1) is 22.9. The van der Waals surface area contributed by atoms with Crippen LogP contribution in [-0.2, 0) is 11.2 Å². The van der Waals surface area contributed by atoms with E-state index in [1.165, 1.54) is 0 Å². The lowest BCUT2D eigenvalue weighted by Crippen LogP contribution is -2.50. The smallest absolute Gasteiger partial charge is 0.319 e. The molecule has 4 aromatic rings. The number of halogens is 2. The van der Waals surface area contributed by atoms with Crippen molar-refractivity contribution in [2.24, 2.45) is 5.92 Å². The summed E-state index contributed by atoms with van der Waals surface area (Å²) in [5.74, 6) is 0.705. The van der Waals surface area contributed by atoms with E-state index >= 15 is 4.39 Å². The van der Waals surface area contributed by atoms with Crippen LogP contribution in [0.3, 0.4) is 0 Å². The van der Waals surface area contributed by atoms with E-state index in [1.807, 2.05) is 13.0 Å². The number of nitrogens with one attached hydrogen (secondary N) is 1. The minimum absolute atomic E-state index is 0.0823. The van der Waals surface area contributed by atoms with Crippen molar-refractivity contribution in [1.82, 2.24) is 34.9 Å². The lowest BCUT2D eigenvalue weighted by molar-refractivity contribution is -0.132. The van der Waals surface area contributed by atoms with Gasteiger partial charge in [0.1, 0.15) is 29.8 Å². The van der Waals surface area contributed by atoms with Gasteiger partial charge >= 0.3 is 6.01 Å². The normalized spacial score (nSPS) is 27.8. The van der Waals surface area contributed by atoms with Gasteiger partial charge in [0.2, 0.25) is 5.91 Å². The molecular weight excluding hydrogens is 602 g/mol. The number of aromatic nitrogens is 5. The fourth-order valence-corrected chi connectivity index (χ4v) is 9.37. The Bertz CT molecular complexity index is 1900.